The van der Waals surface area contributed by atoms with Crippen molar-refractivity contribution in [3.05, 3.63) is 23.8 Å². The number of carboxylic acids is 2. The van der Waals surface area contributed by atoms with E-state index >= 15 is 0 Å². The first-order valence-electron chi connectivity index (χ1n) is 5.83. The van der Waals surface area contributed by atoms with Crippen molar-refractivity contribution in [1.29, 1.82) is 0 Å². The van der Waals surface area contributed by atoms with E-state index < -0.39 is 30.3 Å². The second-order valence-corrected chi connectivity index (χ2v) is 4.07. The van der Waals surface area contributed by atoms with Crippen molar-refractivity contribution < 1.29 is 45.3 Å². The largest absolute Gasteiger partial charge is 0.504 e. The molecule has 0 aliphatic heterocycles. The molecule has 0 saturated carbocycles. The molecule has 9 N–H and O–H groups in total. The van der Waals surface area contributed by atoms with Gasteiger partial charge in [-0.3, -0.25) is 0 Å². The first-order chi connectivity index (χ1) is 10.1. The van der Waals surface area contributed by atoms with Crippen molar-refractivity contribution >= 4 is 11.9 Å². The van der Waals surface area contributed by atoms with Crippen LogP contribution in [-0.4, -0.2) is 66.4 Å². The standard InChI is InChI=1S/C8H11NO3.C4H6O6/c9-4-8(12)5-1-2-6(10)7(11)3-5;5-1(3(7)8)2(6)4(9)10/h1-3,8,10-12H,4,9H2;1-2,5-6H,(H,7,8)(H,9,10)/t8-;1-,2-/m01/s1. The summed E-state index contributed by atoms with van der Waals surface area (Å²) in [6, 6.07) is 4.10. The molecular weight excluding hydrogens is 302 g/mol. The molecule has 3 atom stereocenters. The summed E-state index contributed by atoms with van der Waals surface area (Å²) in [6.45, 7) is 0.0875. The number of aliphatic hydroxyl groups is 3. The van der Waals surface area contributed by atoms with Gasteiger partial charge in [0.1, 0.15) is 0 Å². The van der Waals surface area contributed by atoms with Crippen LogP contribution in [0, 0.1) is 0 Å². The Kier molecular flexibility index (Phi) is 7.83. The molecule has 1 aromatic carbocycles. The molecule has 124 valence electrons. The minimum atomic E-state index is -2.27. The van der Waals surface area contributed by atoms with Gasteiger partial charge in [-0.25, -0.2) is 9.59 Å². The van der Waals surface area contributed by atoms with Crippen molar-refractivity contribution in [2.45, 2.75) is 18.3 Å². The van der Waals surface area contributed by atoms with Crippen LogP contribution in [0.2, 0.25) is 0 Å². The van der Waals surface area contributed by atoms with Crippen LogP contribution in [-0.2, 0) is 9.59 Å². The number of nitrogens with two attached hydrogens (primary N) is 1. The maximum absolute atomic E-state index is 9.77. The lowest BCUT2D eigenvalue weighted by Gasteiger charge is -2.08. The molecule has 1 rings (SSSR count). The van der Waals surface area contributed by atoms with Crippen LogP contribution in [0.5, 0.6) is 11.5 Å². The zero-order valence-electron chi connectivity index (χ0n) is 11.2. The Morgan fingerprint density at radius 1 is 0.955 bits per heavy atom. The molecule has 0 fully saturated rings. The highest BCUT2D eigenvalue weighted by molar-refractivity contribution is 5.83. The Morgan fingerprint density at radius 3 is 1.73 bits per heavy atom. The number of phenolic OH excluding ortho intramolecular Hbond substituents is 2. The maximum Gasteiger partial charge on any atom is 0.335 e. The third kappa shape index (κ3) is 5.93. The summed E-state index contributed by atoms with van der Waals surface area (Å²) in [5.41, 5.74) is 5.69. The van der Waals surface area contributed by atoms with Gasteiger partial charge in [0, 0.05) is 6.54 Å². The zero-order chi connectivity index (χ0) is 17.4. The predicted molar refractivity (Wildman–Crippen MR) is 71.1 cm³/mol. The molecule has 0 amide bonds. The molecule has 0 spiro atoms. The fourth-order valence-corrected chi connectivity index (χ4v) is 1.15. The summed E-state index contributed by atoms with van der Waals surface area (Å²) in [5.74, 6) is -3.99. The summed E-state index contributed by atoms with van der Waals surface area (Å²) in [5, 5.41) is 59.7. The van der Waals surface area contributed by atoms with Gasteiger partial charge >= 0.3 is 11.9 Å². The van der Waals surface area contributed by atoms with Gasteiger partial charge in [0.2, 0.25) is 0 Å². The number of benzene rings is 1. The smallest absolute Gasteiger partial charge is 0.335 e. The van der Waals surface area contributed by atoms with E-state index in [1.807, 2.05) is 0 Å². The minimum Gasteiger partial charge on any atom is -0.504 e. The number of aromatic hydroxyl groups is 2. The van der Waals surface area contributed by atoms with Crippen LogP contribution < -0.4 is 5.73 Å². The first-order valence-corrected chi connectivity index (χ1v) is 5.83. The Labute approximate surface area is 124 Å². The van der Waals surface area contributed by atoms with E-state index in [0.717, 1.165) is 0 Å². The minimum absolute atomic E-state index is 0.0875. The second-order valence-electron chi connectivity index (χ2n) is 4.07. The monoisotopic (exact) mass is 319 g/mol. The first kappa shape index (κ1) is 19.6. The van der Waals surface area contributed by atoms with E-state index in [9.17, 15) is 14.7 Å². The van der Waals surface area contributed by atoms with Gasteiger partial charge in [-0.1, -0.05) is 6.07 Å². The number of phenols is 2. The topological polar surface area (TPSA) is 202 Å². The normalized spacial score (nSPS) is 14.2. The van der Waals surface area contributed by atoms with Crippen LogP contribution in [0.15, 0.2) is 18.2 Å². The summed E-state index contributed by atoms with van der Waals surface area (Å²) in [7, 11) is 0. The highest BCUT2D eigenvalue weighted by atomic mass is 16.4. The van der Waals surface area contributed by atoms with Crippen LogP contribution in [0.25, 0.3) is 0 Å². The molecule has 0 aliphatic carbocycles. The van der Waals surface area contributed by atoms with E-state index in [4.69, 9.17) is 36.4 Å². The van der Waals surface area contributed by atoms with Gasteiger partial charge in [0.05, 0.1) is 6.10 Å². The highest BCUT2D eigenvalue weighted by Crippen LogP contribution is 2.27. The van der Waals surface area contributed by atoms with Crippen LogP contribution in [0.1, 0.15) is 11.7 Å². The summed E-state index contributed by atoms with van der Waals surface area (Å²) >= 11 is 0. The fourth-order valence-electron chi connectivity index (χ4n) is 1.15. The number of aliphatic hydroxyl groups excluding tert-OH is 3. The van der Waals surface area contributed by atoms with Crippen molar-refractivity contribution in [3.63, 3.8) is 0 Å². The average Bonchev–Trinajstić information content (AvgIpc) is 2.48. The van der Waals surface area contributed by atoms with Gasteiger partial charge in [-0.2, -0.15) is 0 Å². The van der Waals surface area contributed by atoms with E-state index in [2.05, 4.69) is 0 Å². The van der Waals surface area contributed by atoms with Crippen molar-refractivity contribution in [2.24, 2.45) is 5.73 Å². The second kappa shape index (κ2) is 8.79. The number of hydrogen-bond donors (Lipinski definition) is 8. The van der Waals surface area contributed by atoms with E-state index in [1.165, 1.54) is 18.2 Å². The molecule has 0 radical (unpaired) electrons. The number of aliphatic carboxylic acids is 2. The molecule has 0 aliphatic rings. The Hall–Kier alpha value is -2.40. The lowest BCUT2D eigenvalue weighted by Crippen LogP contribution is -2.39. The quantitative estimate of drug-likeness (QED) is 0.279. The Balaban J connectivity index is 0.000000409. The lowest BCUT2D eigenvalue weighted by molar-refractivity contribution is -0.165. The van der Waals surface area contributed by atoms with Gasteiger partial charge < -0.3 is 41.5 Å². The number of carboxylic acid groups (broad SMARTS) is 2. The van der Waals surface area contributed by atoms with E-state index in [0.29, 0.717) is 5.56 Å². The van der Waals surface area contributed by atoms with Crippen molar-refractivity contribution in [1.82, 2.24) is 0 Å². The number of hydrogen-bond acceptors (Lipinski definition) is 8. The Morgan fingerprint density at radius 2 is 1.41 bits per heavy atom. The molecule has 10 heteroatoms. The molecule has 0 heterocycles. The van der Waals surface area contributed by atoms with Crippen LogP contribution >= 0.6 is 0 Å². The lowest BCUT2D eigenvalue weighted by atomic mass is 10.1. The summed E-state index contributed by atoms with van der Waals surface area (Å²) < 4.78 is 0. The van der Waals surface area contributed by atoms with Gasteiger partial charge in [0.25, 0.3) is 0 Å². The van der Waals surface area contributed by atoms with E-state index in [1.54, 1.807) is 0 Å². The molecule has 10 nitrogen and oxygen atoms in total. The maximum atomic E-state index is 9.77. The van der Waals surface area contributed by atoms with Crippen LogP contribution in [0.4, 0.5) is 0 Å². The van der Waals surface area contributed by atoms with Crippen LogP contribution in [0.3, 0.4) is 0 Å². The summed E-state index contributed by atoms with van der Waals surface area (Å²) in [4.78, 5) is 19.5. The van der Waals surface area contributed by atoms with Crippen molar-refractivity contribution in [3.8, 4) is 11.5 Å². The number of rotatable bonds is 5. The molecule has 1 aromatic rings. The predicted octanol–water partition coefficient (Wildman–Crippen LogP) is -2.03. The SMILES string of the molecule is NC[C@H](O)c1ccc(O)c(O)c1.O=C(O)[C@H](O)[C@@H](O)C(=O)O. The summed E-state index contributed by atoms with van der Waals surface area (Å²) in [6.07, 6.45) is -5.33. The highest BCUT2D eigenvalue weighted by Gasteiger charge is 2.29. The zero-order valence-corrected chi connectivity index (χ0v) is 11.2. The third-order valence-corrected chi connectivity index (χ3v) is 2.41. The van der Waals surface area contributed by atoms with E-state index in [-0.39, 0.29) is 18.0 Å². The molecule has 0 aromatic heterocycles. The number of carbonyl (C=O) groups is 2. The average molecular weight is 319 g/mol. The van der Waals surface area contributed by atoms with Gasteiger partial charge in [-0.05, 0) is 17.7 Å². The molecule has 0 unspecified atom stereocenters. The molecular formula is C12H17NO9. The third-order valence-electron chi connectivity index (χ3n) is 2.41. The molecule has 0 saturated heterocycles. The molecule has 0 bridgehead atoms. The fraction of sp³-hybridized carbons (Fsp3) is 0.333. The Bertz CT molecular complexity index is 501. The van der Waals surface area contributed by atoms with Crippen molar-refractivity contribution in [2.75, 3.05) is 6.54 Å². The van der Waals surface area contributed by atoms with Gasteiger partial charge in [-0.15, -0.1) is 0 Å². The van der Waals surface area contributed by atoms with Gasteiger partial charge in [0.15, 0.2) is 23.7 Å². The molecule has 22 heavy (non-hydrogen) atoms.